The molecule has 0 aromatic heterocycles. The Hall–Kier alpha value is -2.31. The van der Waals surface area contributed by atoms with Crippen molar-refractivity contribution in [3.8, 4) is 11.8 Å². The lowest BCUT2D eigenvalue weighted by Crippen LogP contribution is -2.09. The van der Waals surface area contributed by atoms with E-state index in [9.17, 15) is 5.11 Å². The summed E-state index contributed by atoms with van der Waals surface area (Å²) in [5, 5.41) is 18.7. The molecule has 19 heavy (non-hydrogen) atoms. The molecule has 3 heteroatoms. The minimum atomic E-state index is -0.700. The highest BCUT2D eigenvalue weighted by Gasteiger charge is 2.08. The fourth-order valence-electron chi connectivity index (χ4n) is 1.69. The highest BCUT2D eigenvalue weighted by molar-refractivity contribution is 5.32. The Morgan fingerprint density at radius 1 is 1.11 bits per heavy atom. The van der Waals surface area contributed by atoms with Gasteiger partial charge in [-0.05, 0) is 36.8 Å². The molecule has 0 aliphatic carbocycles. The van der Waals surface area contributed by atoms with Crippen molar-refractivity contribution < 1.29 is 9.84 Å². The lowest BCUT2D eigenvalue weighted by molar-refractivity contribution is 0.108. The van der Waals surface area contributed by atoms with Crippen molar-refractivity contribution in [2.45, 2.75) is 13.0 Å². The number of rotatable bonds is 4. The minimum Gasteiger partial charge on any atom is -0.491 e. The Morgan fingerprint density at radius 2 is 1.74 bits per heavy atom. The molecule has 2 rings (SSSR count). The lowest BCUT2D eigenvalue weighted by atomic mass is 10.1. The Labute approximate surface area is 112 Å². The molecule has 0 heterocycles. The van der Waals surface area contributed by atoms with Gasteiger partial charge in [-0.1, -0.05) is 29.8 Å². The van der Waals surface area contributed by atoms with E-state index in [1.54, 1.807) is 24.3 Å². The number of ether oxygens (including phenoxy) is 1. The van der Waals surface area contributed by atoms with Crippen LogP contribution in [-0.4, -0.2) is 11.7 Å². The van der Waals surface area contributed by atoms with Gasteiger partial charge in [-0.25, -0.2) is 0 Å². The molecular formula is C16H15NO2. The van der Waals surface area contributed by atoms with E-state index in [4.69, 9.17) is 10.00 Å². The second-order valence-corrected chi connectivity index (χ2v) is 4.37. The maximum Gasteiger partial charge on any atom is 0.119 e. The van der Waals surface area contributed by atoms with Crippen molar-refractivity contribution in [2.75, 3.05) is 6.61 Å². The van der Waals surface area contributed by atoms with E-state index in [0.29, 0.717) is 5.56 Å². The molecule has 1 unspecified atom stereocenters. The van der Waals surface area contributed by atoms with E-state index in [-0.39, 0.29) is 6.61 Å². The third-order valence-corrected chi connectivity index (χ3v) is 2.85. The van der Waals surface area contributed by atoms with Gasteiger partial charge >= 0.3 is 0 Å². The molecule has 1 N–H and O–H groups in total. The zero-order valence-electron chi connectivity index (χ0n) is 10.7. The van der Waals surface area contributed by atoms with Crippen molar-refractivity contribution in [3.05, 3.63) is 65.2 Å². The molecule has 0 saturated carbocycles. The van der Waals surface area contributed by atoms with Gasteiger partial charge in [0.1, 0.15) is 18.5 Å². The van der Waals surface area contributed by atoms with E-state index in [0.717, 1.165) is 11.3 Å². The van der Waals surface area contributed by atoms with Crippen molar-refractivity contribution in [1.82, 2.24) is 0 Å². The highest BCUT2D eigenvalue weighted by atomic mass is 16.5. The molecule has 2 aromatic rings. The molecule has 0 bridgehead atoms. The summed E-state index contributed by atoms with van der Waals surface area (Å²) in [4.78, 5) is 0. The minimum absolute atomic E-state index is 0.189. The summed E-state index contributed by atoms with van der Waals surface area (Å²) in [5.41, 5.74) is 2.49. The third kappa shape index (κ3) is 3.57. The monoisotopic (exact) mass is 253 g/mol. The molecule has 0 amide bonds. The summed E-state index contributed by atoms with van der Waals surface area (Å²) in [6.07, 6.45) is -0.700. The van der Waals surface area contributed by atoms with Crippen LogP contribution in [0.15, 0.2) is 48.5 Å². The standard InChI is InChI=1S/C16H15NO2/c1-12-2-8-15(9-3-12)19-11-16(18)14-6-4-13(10-17)5-7-14/h2-9,16,18H,11H2,1H3. The lowest BCUT2D eigenvalue weighted by Gasteiger charge is -2.12. The maximum absolute atomic E-state index is 9.99. The number of aryl methyl sites for hydroxylation is 1. The predicted molar refractivity (Wildman–Crippen MR) is 72.8 cm³/mol. The van der Waals surface area contributed by atoms with Crippen LogP contribution in [-0.2, 0) is 0 Å². The van der Waals surface area contributed by atoms with Gasteiger partial charge in [-0.3, -0.25) is 0 Å². The SMILES string of the molecule is Cc1ccc(OCC(O)c2ccc(C#N)cc2)cc1. The maximum atomic E-state index is 9.99. The normalized spacial score (nSPS) is 11.6. The van der Waals surface area contributed by atoms with Crippen LogP contribution in [0.4, 0.5) is 0 Å². The first kappa shape index (κ1) is 13.1. The van der Waals surface area contributed by atoms with E-state index in [2.05, 4.69) is 0 Å². The first-order valence-electron chi connectivity index (χ1n) is 6.06. The van der Waals surface area contributed by atoms with Crippen LogP contribution in [0.25, 0.3) is 0 Å². The number of nitriles is 1. The number of aliphatic hydroxyl groups excluding tert-OH is 1. The summed E-state index contributed by atoms with van der Waals surface area (Å²) in [5.74, 6) is 0.735. The molecule has 3 nitrogen and oxygen atoms in total. The Balaban J connectivity index is 1.95. The van der Waals surface area contributed by atoms with Crippen molar-refractivity contribution in [3.63, 3.8) is 0 Å². The smallest absolute Gasteiger partial charge is 0.119 e. The Kier molecular flexibility index (Phi) is 4.17. The van der Waals surface area contributed by atoms with Gasteiger partial charge < -0.3 is 9.84 Å². The zero-order chi connectivity index (χ0) is 13.7. The fourth-order valence-corrected chi connectivity index (χ4v) is 1.69. The number of nitrogens with zero attached hydrogens (tertiary/aromatic N) is 1. The summed E-state index contributed by atoms with van der Waals surface area (Å²) < 4.78 is 5.52. The highest BCUT2D eigenvalue weighted by Crippen LogP contribution is 2.17. The Bertz CT molecular complexity index is 567. The van der Waals surface area contributed by atoms with Crippen LogP contribution >= 0.6 is 0 Å². The van der Waals surface area contributed by atoms with Gasteiger partial charge in [0.05, 0.1) is 11.6 Å². The molecular weight excluding hydrogens is 238 g/mol. The van der Waals surface area contributed by atoms with E-state index < -0.39 is 6.10 Å². The van der Waals surface area contributed by atoms with Crippen LogP contribution in [0.1, 0.15) is 22.8 Å². The molecule has 0 fully saturated rings. The Morgan fingerprint density at radius 3 is 2.32 bits per heavy atom. The summed E-state index contributed by atoms with van der Waals surface area (Å²) in [6.45, 7) is 2.20. The number of hydrogen-bond donors (Lipinski definition) is 1. The van der Waals surface area contributed by atoms with Crippen LogP contribution in [0.5, 0.6) is 5.75 Å². The third-order valence-electron chi connectivity index (χ3n) is 2.85. The average Bonchev–Trinajstić information content (AvgIpc) is 2.46. The molecule has 1 atom stereocenters. The molecule has 0 spiro atoms. The van der Waals surface area contributed by atoms with Gasteiger partial charge in [-0.2, -0.15) is 5.26 Å². The molecule has 0 radical (unpaired) electrons. The van der Waals surface area contributed by atoms with Crippen LogP contribution < -0.4 is 4.74 Å². The van der Waals surface area contributed by atoms with Gasteiger partial charge in [0.2, 0.25) is 0 Å². The largest absolute Gasteiger partial charge is 0.491 e. The zero-order valence-corrected chi connectivity index (χ0v) is 10.7. The van der Waals surface area contributed by atoms with Gasteiger partial charge in [0.25, 0.3) is 0 Å². The molecule has 2 aromatic carbocycles. The van der Waals surface area contributed by atoms with Crippen molar-refractivity contribution >= 4 is 0 Å². The summed E-state index contributed by atoms with van der Waals surface area (Å²) >= 11 is 0. The number of aliphatic hydroxyl groups is 1. The van der Waals surface area contributed by atoms with Gasteiger partial charge in [-0.15, -0.1) is 0 Å². The summed E-state index contributed by atoms with van der Waals surface area (Å²) in [7, 11) is 0. The first-order valence-corrected chi connectivity index (χ1v) is 6.06. The van der Waals surface area contributed by atoms with Crippen molar-refractivity contribution in [2.24, 2.45) is 0 Å². The molecule has 0 aliphatic heterocycles. The first-order chi connectivity index (χ1) is 9.19. The van der Waals surface area contributed by atoms with Crippen LogP contribution in [0.2, 0.25) is 0 Å². The number of hydrogen-bond acceptors (Lipinski definition) is 3. The topological polar surface area (TPSA) is 53.2 Å². The van der Waals surface area contributed by atoms with Gasteiger partial charge in [0.15, 0.2) is 0 Å². The predicted octanol–water partition coefficient (Wildman–Crippen LogP) is 2.98. The molecule has 0 saturated heterocycles. The second-order valence-electron chi connectivity index (χ2n) is 4.37. The summed E-state index contributed by atoms with van der Waals surface area (Å²) in [6, 6.07) is 16.6. The van der Waals surface area contributed by atoms with Gasteiger partial charge in [0, 0.05) is 0 Å². The quantitative estimate of drug-likeness (QED) is 0.911. The van der Waals surface area contributed by atoms with E-state index in [1.165, 1.54) is 5.56 Å². The molecule has 0 aliphatic rings. The average molecular weight is 253 g/mol. The molecule has 96 valence electrons. The van der Waals surface area contributed by atoms with E-state index in [1.807, 2.05) is 37.3 Å². The van der Waals surface area contributed by atoms with Crippen molar-refractivity contribution in [1.29, 1.82) is 5.26 Å². The second kappa shape index (κ2) is 6.03. The fraction of sp³-hybridized carbons (Fsp3) is 0.188. The van der Waals surface area contributed by atoms with Crippen LogP contribution in [0.3, 0.4) is 0 Å². The van der Waals surface area contributed by atoms with Crippen LogP contribution in [0, 0.1) is 18.3 Å². The number of benzene rings is 2. The van der Waals surface area contributed by atoms with E-state index >= 15 is 0 Å².